The summed E-state index contributed by atoms with van der Waals surface area (Å²) < 4.78 is 10.1. The zero-order valence-corrected chi connectivity index (χ0v) is 11.1. The van der Waals surface area contributed by atoms with E-state index in [4.69, 9.17) is 14.7 Å². The van der Waals surface area contributed by atoms with E-state index < -0.39 is 5.76 Å². The zero-order valence-electron chi connectivity index (χ0n) is 11.1. The Morgan fingerprint density at radius 1 is 1.40 bits per heavy atom. The molecular formula is C13H14N4O3. The molecule has 0 aliphatic carbocycles. The van der Waals surface area contributed by atoms with Crippen molar-refractivity contribution in [3.05, 3.63) is 39.7 Å². The summed E-state index contributed by atoms with van der Waals surface area (Å²) in [5.74, 6) is 0.272. The zero-order chi connectivity index (χ0) is 14.3. The standard InChI is InChI=1S/C13H14N4O3/c1-6-8(7(2)20-17-6)5-15-10-4-11-12(3-9(10)14)19-13(18)16-11/h3-4,15H,5,14H2,1-2H3,(H,16,18). The van der Waals surface area contributed by atoms with Crippen LogP contribution < -0.4 is 16.8 Å². The molecule has 4 N–H and O–H groups in total. The van der Waals surface area contributed by atoms with E-state index in [1.807, 2.05) is 13.8 Å². The molecule has 20 heavy (non-hydrogen) atoms. The second-order valence-electron chi connectivity index (χ2n) is 4.61. The predicted molar refractivity (Wildman–Crippen MR) is 74.6 cm³/mol. The quantitative estimate of drug-likeness (QED) is 0.629. The van der Waals surface area contributed by atoms with Crippen LogP contribution in [0.5, 0.6) is 0 Å². The third-order valence-corrected chi connectivity index (χ3v) is 3.23. The van der Waals surface area contributed by atoms with Gasteiger partial charge in [-0.1, -0.05) is 5.16 Å². The summed E-state index contributed by atoms with van der Waals surface area (Å²) >= 11 is 0. The third-order valence-electron chi connectivity index (χ3n) is 3.23. The first-order chi connectivity index (χ1) is 9.54. The molecule has 0 spiro atoms. The lowest BCUT2D eigenvalue weighted by atomic mass is 10.2. The fourth-order valence-corrected chi connectivity index (χ4v) is 2.10. The summed E-state index contributed by atoms with van der Waals surface area (Å²) in [4.78, 5) is 13.7. The van der Waals surface area contributed by atoms with Crippen molar-refractivity contribution in [3.63, 3.8) is 0 Å². The van der Waals surface area contributed by atoms with Gasteiger partial charge >= 0.3 is 5.76 Å². The van der Waals surface area contributed by atoms with E-state index in [1.54, 1.807) is 12.1 Å². The first kappa shape index (κ1) is 12.3. The second-order valence-corrected chi connectivity index (χ2v) is 4.61. The van der Waals surface area contributed by atoms with E-state index in [0.29, 0.717) is 23.3 Å². The molecule has 0 saturated carbocycles. The molecule has 3 rings (SSSR count). The van der Waals surface area contributed by atoms with Crippen LogP contribution in [0.4, 0.5) is 11.4 Å². The van der Waals surface area contributed by atoms with Gasteiger partial charge in [0.05, 0.1) is 22.6 Å². The van der Waals surface area contributed by atoms with Gasteiger partial charge in [0.25, 0.3) is 0 Å². The van der Waals surface area contributed by atoms with Crippen LogP contribution in [0.3, 0.4) is 0 Å². The lowest BCUT2D eigenvalue weighted by Crippen LogP contribution is -2.04. The summed E-state index contributed by atoms with van der Waals surface area (Å²) in [6, 6.07) is 3.36. The van der Waals surface area contributed by atoms with Crippen LogP contribution in [0.2, 0.25) is 0 Å². The molecule has 0 fully saturated rings. The number of oxazole rings is 1. The number of hydrogen-bond acceptors (Lipinski definition) is 6. The van der Waals surface area contributed by atoms with Crippen molar-refractivity contribution < 1.29 is 8.94 Å². The number of benzene rings is 1. The van der Waals surface area contributed by atoms with E-state index in [0.717, 1.165) is 22.7 Å². The minimum absolute atomic E-state index is 0.440. The molecule has 0 bridgehead atoms. The number of nitrogens with one attached hydrogen (secondary N) is 2. The first-order valence-electron chi connectivity index (χ1n) is 6.12. The fourth-order valence-electron chi connectivity index (χ4n) is 2.10. The van der Waals surface area contributed by atoms with Crippen molar-refractivity contribution >= 4 is 22.5 Å². The number of anilines is 2. The highest BCUT2D eigenvalue weighted by atomic mass is 16.5. The van der Waals surface area contributed by atoms with Gasteiger partial charge in [0.2, 0.25) is 0 Å². The Bertz CT molecular complexity index is 808. The lowest BCUT2D eigenvalue weighted by Gasteiger charge is -2.08. The largest absolute Gasteiger partial charge is 0.417 e. The number of fused-ring (bicyclic) bond motifs is 1. The number of hydrogen-bond donors (Lipinski definition) is 3. The number of aromatic amines is 1. The van der Waals surface area contributed by atoms with Gasteiger partial charge in [-0.15, -0.1) is 0 Å². The molecule has 1 aromatic carbocycles. The van der Waals surface area contributed by atoms with E-state index >= 15 is 0 Å². The van der Waals surface area contributed by atoms with Crippen LogP contribution >= 0.6 is 0 Å². The van der Waals surface area contributed by atoms with Gasteiger partial charge in [-0.2, -0.15) is 0 Å². The van der Waals surface area contributed by atoms with Crippen LogP contribution in [-0.4, -0.2) is 10.1 Å². The Morgan fingerprint density at radius 3 is 2.90 bits per heavy atom. The number of nitrogens with zero attached hydrogens (tertiary/aromatic N) is 1. The summed E-state index contributed by atoms with van der Waals surface area (Å²) in [6.07, 6.45) is 0. The number of aromatic nitrogens is 2. The molecule has 2 heterocycles. The van der Waals surface area contributed by atoms with Crippen LogP contribution in [0, 0.1) is 13.8 Å². The molecule has 0 unspecified atom stereocenters. The average molecular weight is 274 g/mol. The Balaban J connectivity index is 1.91. The number of H-pyrrole nitrogens is 1. The van der Waals surface area contributed by atoms with Crippen molar-refractivity contribution in [2.24, 2.45) is 0 Å². The second kappa shape index (κ2) is 4.44. The van der Waals surface area contributed by atoms with Crippen LogP contribution in [0.25, 0.3) is 11.1 Å². The molecule has 0 amide bonds. The molecule has 7 nitrogen and oxygen atoms in total. The van der Waals surface area contributed by atoms with E-state index in [-0.39, 0.29) is 0 Å². The Kier molecular flexibility index (Phi) is 2.74. The van der Waals surface area contributed by atoms with Crippen molar-refractivity contribution in [2.45, 2.75) is 20.4 Å². The Morgan fingerprint density at radius 2 is 2.20 bits per heavy atom. The highest BCUT2D eigenvalue weighted by Gasteiger charge is 2.11. The maximum atomic E-state index is 11.1. The molecule has 0 aliphatic rings. The van der Waals surface area contributed by atoms with E-state index in [2.05, 4.69) is 15.5 Å². The highest BCUT2D eigenvalue weighted by Crippen LogP contribution is 2.25. The number of nitrogen functional groups attached to an aromatic ring is 1. The van der Waals surface area contributed by atoms with E-state index in [1.165, 1.54) is 0 Å². The molecule has 0 atom stereocenters. The van der Waals surface area contributed by atoms with Gasteiger partial charge in [-0.25, -0.2) is 4.79 Å². The average Bonchev–Trinajstić information content (AvgIpc) is 2.89. The number of rotatable bonds is 3. The highest BCUT2D eigenvalue weighted by molar-refractivity contribution is 5.85. The maximum Gasteiger partial charge on any atom is 0.417 e. The van der Waals surface area contributed by atoms with Gasteiger partial charge in [0, 0.05) is 18.2 Å². The summed E-state index contributed by atoms with van der Waals surface area (Å²) in [7, 11) is 0. The van der Waals surface area contributed by atoms with Gasteiger partial charge < -0.3 is 20.0 Å². The van der Waals surface area contributed by atoms with Gasteiger partial charge in [0.1, 0.15) is 5.76 Å². The topological polar surface area (TPSA) is 110 Å². The van der Waals surface area contributed by atoms with Gasteiger partial charge in [-0.05, 0) is 19.9 Å². The van der Waals surface area contributed by atoms with Crippen molar-refractivity contribution in [3.8, 4) is 0 Å². The number of nitrogens with two attached hydrogens (primary N) is 1. The molecule has 0 saturated heterocycles. The van der Waals surface area contributed by atoms with Crippen LogP contribution in [-0.2, 0) is 6.54 Å². The van der Waals surface area contributed by atoms with Crippen LogP contribution in [0.1, 0.15) is 17.0 Å². The van der Waals surface area contributed by atoms with Crippen molar-refractivity contribution in [1.29, 1.82) is 0 Å². The molecule has 7 heteroatoms. The monoisotopic (exact) mass is 274 g/mol. The summed E-state index contributed by atoms with van der Waals surface area (Å²) in [5.41, 5.74) is 10.0. The van der Waals surface area contributed by atoms with Gasteiger partial charge in [0.15, 0.2) is 5.58 Å². The summed E-state index contributed by atoms with van der Waals surface area (Å²) in [6.45, 7) is 4.28. The molecule has 2 aromatic heterocycles. The van der Waals surface area contributed by atoms with Crippen LogP contribution in [0.15, 0.2) is 25.9 Å². The molecular weight excluding hydrogens is 260 g/mol. The predicted octanol–water partition coefficient (Wildman–Crippen LogP) is 1.92. The lowest BCUT2D eigenvalue weighted by molar-refractivity contribution is 0.392. The minimum atomic E-state index is -0.498. The van der Waals surface area contributed by atoms with Crippen molar-refractivity contribution in [2.75, 3.05) is 11.1 Å². The number of aryl methyl sites for hydroxylation is 2. The normalized spacial score (nSPS) is 11.1. The van der Waals surface area contributed by atoms with Crippen molar-refractivity contribution in [1.82, 2.24) is 10.1 Å². The van der Waals surface area contributed by atoms with Gasteiger partial charge in [-0.3, -0.25) is 4.98 Å². The molecule has 0 radical (unpaired) electrons. The fraction of sp³-hybridized carbons (Fsp3) is 0.231. The third kappa shape index (κ3) is 2.03. The van der Waals surface area contributed by atoms with E-state index in [9.17, 15) is 4.79 Å². The maximum absolute atomic E-state index is 11.1. The SMILES string of the molecule is Cc1noc(C)c1CNc1cc2[nH]c(=O)oc2cc1N. The molecule has 104 valence electrons. The minimum Gasteiger partial charge on any atom is -0.408 e. The summed E-state index contributed by atoms with van der Waals surface area (Å²) in [5, 5.41) is 7.11. The smallest absolute Gasteiger partial charge is 0.408 e. The first-order valence-corrected chi connectivity index (χ1v) is 6.12. The molecule has 3 aromatic rings. The molecule has 0 aliphatic heterocycles. The Labute approximate surface area is 113 Å². The Hall–Kier alpha value is -2.70.